The Kier molecular flexibility index (Phi) is 5.14. The Morgan fingerprint density at radius 3 is 2.06 bits per heavy atom. The lowest BCUT2D eigenvalue weighted by Gasteiger charge is -2.37. The van der Waals surface area contributed by atoms with Gasteiger partial charge in [-0.3, -0.25) is 9.69 Å². The van der Waals surface area contributed by atoms with Crippen molar-refractivity contribution in [3.63, 3.8) is 0 Å². The summed E-state index contributed by atoms with van der Waals surface area (Å²) in [7, 11) is 0. The molecule has 3 nitrogen and oxygen atoms in total. The Bertz CT molecular complexity index is 247. The molecule has 17 heavy (non-hydrogen) atoms. The SMILES string of the molecule is CC(C)N1CCN(CCC(=O)C(C)(C)C)CC1. The molecule has 0 aromatic carbocycles. The summed E-state index contributed by atoms with van der Waals surface area (Å²) in [4.78, 5) is 16.8. The number of hydrogen-bond donors (Lipinski definition) is 0. The lowest BCUT2D eigenvalue weighted by Crippen LogP contribution is -2.49. The highest BCUT2D eigenvalue weighted by molar-refractivity contribution is 5.83. The van der Waals surface area contributed by atoms with Crippen LogP contribution in [0.3, 0.4) is 0 Å². The zero-order valence-corrected chi connectivity index (χ0v) is 12.1. The predicted molar refractivity (Wildman–Crippen MR) is 72.2 cm³/mol. The zero-order chi connectivity index (χ0) is 13.1. The van der Waals surface area contributed by atoms with Gasteiger partial charge in [0.25, 0.3) is 0 Å². The van der Waals surface area contributed by atoms with Crippen LogP contribution >= 0.6 is 0 Å². The monoisotopic (exact) mass is 240 g/mol. The van der Waals surface area contributed by atoms with Crippen molar-refractivity contribution in [1.82, 2.24) is 9.80 Å². The Morgan fingerprint density at radius 2 is 1.65 bits per heavy atom. The number of carbonyl (C=O) groups is 1. The van der Waals surface area contributed by atoms with Gasteiger partial charge in [0.2, 0.25) is 0 Å². The summed E-state index contributed by atoms with van der Waals surface area (Å²) in [5, 5.41) is 0. The number of ketones is 1. The molecule has 0 amide bonds. The number of nitrogens with zero attached hydrogens (tertiary/aromatic N) is 2. The van der Waals surface area contributed by atoms with E-state index in [1.165, 1.54) is 0 Å². The number of hydrogen-bond acceptors (Lipinski definition) is 3. The minimum Gasteiger partial charge on any atom is -0.300 e. The van der Waals surface area contributed by atoms with E-state index in [1.54, 1.807) is 0 Å². The van der Waals surface area contributed by atoms with E-state index >= 15 is 0 Å². The Hall–Kier alpha value is -0.410. The average Bonchev–Trinajstić information content (AvgIpc) is 2.25. The summed E-state index contributed by atoms with van der Waals surface area (Å²) in [5.74, 6) is 0.379. The Balaban J connectivity index is 2.25. The van der Waals surface area contributed by atoms with Crippen LogP contribution in [0.1, 0.15) is 41.0 Å². The predicted octanol–water partition coefficient (Wildman–Crippen LogP) is 2.02. The highest BCUT2D eigenvalue weighted by Gasteiger charge is 2.23. The van der Waals surface area contributed by atoms with Crippen molar-refractivity contribution in [3.05, 3.63) is 0 Å². The smallest absolute Gasteiger partial charge is 0.139 e. The topological polar surface area (TPSA) is 23.6 Å². The second-order valence-electron chi connectivity index (χ2n) is 6.39. The van der Waals surface area contributed by atoms with E-state index in [0.717, 1.165) is 32.7 Å². The van der Waals surface area contributed by atoms with Gasteiger partial charge in [-0.1, -0.05) is 20.8 Å². The summed E-state index contributed by atoms with van der Waals surface area (Å²) in [6.07, 6.45) is 0.700. The van der Waals surface area contributed by atoms with Gasteiger partial charge in [-0.05, 0) is 13.8 Å². The lowest BCUT2D eigenvalue weighted by molar-refractivity contribution is -0.126. The van der Waals surface area contributed by atoms with Crippen LogP contribution in [0.4, 0.5) is 0 Å². The van der Waals surface area contributed by atoms with Crippen molar-refractivity contribution in [2.24, 2.45) is 5.41 Å². The summed E-state index contributed by atoms with van der Waals surface area (Å²) >= 11 is 0. The fourth-order valence-corrected chi connectivity index (χ4v) is 2.14. The van der Waals surface area contributed by atoms with E-state index < -0.39 is 0 Å². The van der Waals surface area contributed by atoms with Crippen LogP contribution in [-0.2, 0) is 4.79 Å². The second-order valence-corrected chi connectivity index (χ2v) is 6.39. The van der Waals surface area contributed by atoms with Crippen molar-refractivity contribution in [2.75, 3.05) is 32.7 Å². The molecule has 3 heteroatoms. The molecule has 0 radical (unpaired) electrons. The van der Waals surface area contributed by atoms with Gasteiger partial charge < -0.3 is 4.90 Å². The molecule has 1 aliphatic heterocycles. The molecular formula is C14H28N2O. The first-order valence-corrected chi connectivity index (χ1v) is 6.80. The number of piperazine rings is 1. The molecule has 0 aromatic rings. The number of rotatable bonds is 4. The summed E-state index contributed by atoms with van der Waals surface area (Å²) in [6, 6.07) is 0.647. The first-order valence-electron chi connectivity index (χ1n) is 6.80. The third-order valence-electron chi connectivity index (χ3n) is 3.63. The fourth-order valence-electron chi connectivity index (χ4n) is 2.14. The van der Waals surface area contributed by atoms with E-state index in [4.69, 9.17) is 0 Å². The van der Waals surface area contributed by atoms with E-state index in [1.807, 2.05) is 20.8 Å². The molecule has 0 N–H and O–H groups in total. The lowest BCUT2D eigenvalue weighted by atomic mass is 9.89. The van der Waals surface area contributed by atoms with Crippen LogP contribution in [-0.4, -0.2) is 54.3 Å². The maximum atomic E-state index is 11.8. The number of carbonyl (C=O) groups excluding carboxylic acids is 1. The van der Waals surface area contributed by atoms with E-state index in [2.05, 4.69) is 23.6 Å². The third kappa shape index (κ3) is 4.76. The van der Waals surface area contributed by atoms with Gasteiger partial charge in [-0.2, -0.15) is 0 Å². The minimum absolute atomic E-state index is 0.181. The highest BCUT2D eigenvalue weighted by Crippen LogP contribution is 2.17. The molecular weight excluding hydrogens is 212 g/mol. The zero-order valence-electron chi connectivity index (χ0n) is 12.1. The Labute approximate surface area is 106 Å². The third-order valence-corrected chi connectivity index (χ3v) is 3.63. The van der Waals surface area contributed by atoms with Crippen LogP contribution in [0.5, 0.6) is 0 Å². The molecule has 0 unspecified atom stereocenters. The van der Waals surface area contributed by atoms with Gasteiger partial charge in [-0.15, -0.1) is 0 Å². The molecule has 0 saturated carbocycles. The van der Waals surface area contributed by atoms with Crippen molar-refractivity contribution in [3.8, 4) is 0 Å². The standard InChI is InChI=1S/C14H28N2O/c1-12(2)16-10-8-15(9-11-16)7-6-13(17)14(3,4)5/h12H,6-11H2,1-5H3. The summed E-state index contributed by atoms with van der Waals surface area (Å²) in [6.45, 7) is 15.9. The molecule has 0 atom stereocenters. The van der Waals surface area contributed by atoms with E-state index in [0.29, 0.717) is 18.2 Å². The first-order chi connectivity index (χ1) is 7.80. The fraction of sp³-hybridized carbons (Fsp3) is 0.929. The van der Waals surface area contributed by atoms with Gasteiger partial charge in [0.15, 0.2) is 0 Å². The van der Waals surface area contributed by atoms with Gasteiger partial charge in [-0.25, -0.2) is 0 Å². The molecule has 0 aliphatic carbocycles. The minimum atomic E-state index is -0.181. The van der Waals surface area contributed by atoms with Crippen LogP contribution in [0.15, 0.2) is 0 Å². The summed E-state index contributed by atoms with van der Waals surface area (Å²) < 4.78 is 0. The van der Waals surface area contributed by atoms with Crippen molar-refractivity contribution >= 4 is 5.78 Å². The molecule has 100 valence electrons. The molecule has 0 bridgehead atoms. The van der Waals surface area contributed by atoms with Crippen LogP contribution in [0.25, 0.3) is 0 Å². The number of Topliss-reactive ketones (excluding diaryl/α,β-unsaturated/α-hetero) is 1. The highest BCUT2D eigenvalue weighted by atomic mass is 16.1. The average molecular weight is 240 g/mol. The molecule has 0 aromatic heterocycles. The van der Waals surface area contributed by atoms with Gasteiger partial charge in [0.1, 0.15) is 5.78 Å². The second kappa shape index (κ2) is 5.96. The van der Waals surface area contributed by atoms with Gasteiger partial charge >= 0.3 is 0 Å². The summed E-state index contributed by atoms with van der Waals surface area (Å²) in [5.41, 5.74) is -0.181. The Morgan fingerprint density at radius 1 is 1.12 bits per heavy atom. The van der Waals surface area contributed by atoms with Crippen molar-refractivity contribution < 1.29 is 4.79 Å². The van der Waals surface area contributed by atoms with Crippen LogP contribution in [0, 0.1) is 5.41 Å². The van der Waals surface area contributed by atoms with Crippen LogP contribution < -0.4 is 0 Å². The molecule has 1 heterocycles. The molecule has 0 spiro atoms. The van der Waals surface area contributed by atoms with E-state index in [9.17, 15) is 4.79 Å². The first kappa shape index (κ1) is 14.7. The van der Waals surface area contributed by atoms with Crippen molar-refractivity contribution in [1.29, 1.82) is 0 Å². The maximum absolute atomic E-state index is 11.8. The van der Waals surface area contributed by atoms with E-state index in [-0.39, 0.29) is 5.41 Å². The normalized spacial score (nSPS) is 19.9. The quantitative estimate of drug-likeness (QED) is 0.751. The van der Waals surface area contributed by atoms with Gasteiger partial charge in [0.05, 0.1) is 0 Å². The van der Waals surface area contributed by atoms with Crippen molar-refractivity contribution in [2.45, 2.75) is 47.1 Å². The molecule has 1 saturated heterocycles. The van der Waals surface area contributed by atoms with Gasteiger partial charge in [0, 0.05) is 50.6 Å². The van der Waals surface area contributed by atoms with Crippen LogP contribution in [0.2, 0.25) is 0 Å². The molecule has 1 aliphatic rings. The molecule has 1 fully saturated rings. The molecule has 1 rings (SSSR count). The maximum Gasteiger partial charge on any atom is 0.139 e. The largest absolute Gasteiger partial charge is 0.300 e.